The summed E-state index contributed by atoms with van der Waals surface area (Å²) in [5, 5.41) is 9.88. The molecule has 0 aliphatic carbocycles. The summed E-state index contributed by atoms with van der Waals surface area (Å²) in [5.41, 5.74) is 11.6. The highest BCUT2D eigenvalue weighted by Gasteiger charge is 2.20. The standard InChI is InChI=1S/C23H18N4/c24-16-20-21(17-10-4-1-5-11-17)22(18-12-6-2-7-13-18)25-23(20)27-26-19-14-8-3-9-15-19/h1-15,25-27H. The second-order valence-corrected chi connectivity index (χ2v) is 6.08. The zero-order valence-corrected chi connectivity index (χ0v) is 14.6. The maximum Gasteiger partial charge on any atom is 0.141 e. The van der Waals surface area contributed by atoms with E-state index in [2.05, 4.69) is 21.9 Å². The van der Waals surface area contributed by atoms with Crippen molar-refractivity contribution in [3.05, 3.63) is 96.6 Å². The van der Waals surface area contributed by atoms with Gasteiger partial charge in [0.2, 0.25) is 0 Å². The first-order valence-corrected chi connectivity index (χ1v) is 8.71. The summed E-state index contributed by atoms with van der Waals surface area (Å²) >= 11 is 0. The molecule has 3 N–H and O–H groups in total. The number of aromatic amines is 1. The van der Waals surface area contributed by atoms with Gasteiger partial charge in [0.1, 0.15) is 17.5 Å². The van der Waals surface area contributed by atoms with Gasteiger partial charge in [-0.3, -0.25) is 10.9 Å². The predicted octanol–water partition coefficient (Wildman–Crippen LogP) is 5.66. The summed E-state index contributed by atoms with van der Waals surface area (Å²) < 4.78 is 0. The third-order valence-electron chi connectivity index (χ3n) is 4.34. The van der Waals surface area contributed by atoms with Gasteiger partial charge in [-0.15, -0.1) is 0 Å². The van der Waals surface area contributed by atoms with E-state index < -0.39 is 0 Å². The van der Waals surface area contributed by atoms with E-state index in [1.807, 2.05) is 91.0 Å². The van der Waals surface area contributed by atoms with Gasteiger partial charge < -0.3 is 4.98 Å². The molecule has 4 rings (SSSR count). The maximum absolute atomic E-state index is 9.88. The molecule has 0 atom stereocenters. The Morgan fingerprint density at radius 1 is 0.667 bits per heavy atom. The Morgan fingerprint density at radius 2 is 1.22 bits per heavy atom. The molecule has 130 valence electrons. The zero-order valence-electron chi connectivity index (χ0n) is 14.6. The number of para-hydroxylation sites is 1. The lowest BCUT2D eigenvalue weighted by Gasteiger charge is -2.08. The predicted molar refractivity (Wildman–Crippen MR) is 110 cm³/mol. The van der Waals surface area contributed by atoms with Gasteiger partial charge in [-0.2, -0.15) is 5.26 Å². The smallest absolute Gasteiger partial charge is 0.141 e. The Kier molecular flexibility index (Phi) is 4.59. The van der Waals surface area contributed by atoms with Gasteiger partial charge in [0.25, 0.3) is 0 Å². The summed E-state index contributed by atoms with van der Waals surface area (Å²) in [6.45, 7) is 0. The number of benzene rings is 3. The lowest BCUT2D eigenvalue weighted by molar-refractivity contribution is 1.30. The van der Waals surface area contributed by atoms with E-state index in [1.165, 1.54) is 0 Å². The fourth-order valence-corrected chi connectivity index (χ4v) is 3.08. The number of anilines is 2. The van der Waals surface area contributed by atoms with Crippen LogP contribution in [0.15, 0.2) is 91.0 Å². The lowest BCUT2D eigenvalue weighted by Crippen LogP contribution is -2.09. The minimum atomic E-state index is 0.573. The molecule has 0 saturated carbocycles. The van der Waals surface area contributed by atoms with E-state index in [4.69, 9.17) is 0 Å². The first-order chi connectivity index (χ1) is 13.4. The van der Waals surface area contributed by atoms with Crippen molar-refractivity contribution in [1.82, 2.24) is 4.98 Å². The van der Waals surface area contributed by atoms with Crippen molar-refractivity contribution in [3.8, 4) is 28.5 Å². The first kappa shape index (κ1) is 16.5. The molecule has 0 aliphatic heterocycles. The van der Waals surface area contributed by atoms with E-state index in [1.54, 1.807) is 0 Å². The van der Waals surface area contributed by atoms with Crippen LogP contribution in [-0.4, -0.2) is 4.98 Å². The number of hydrazine groups is 1. The Balaban J connectivity index is 1.81. The molecule has 3 aromatic carbocycles. The molecule has 0 radical (unpaired) electrons. The topological polar surface area (TPSA) is 63.6 Å². The average molecular weight is 350 g/mol. The van der Waals surface area contributed by atoms with Crippen molar-refractivity contribution in [2.45, 2.75) is 0 Å². The SMILES string of the molecule is N#Cc1c(NNc2ccccc2)[nH]c(-c2ccccc2)c1-c1ccccc1. The molecule has 4 nitrogen and oxygen atoms in total. The Hall–Kier alpha value is -3.97. The van der Waals surface area contributed by atoms with Gasteiger partial charge in [-0.25, -0.2) is 0 Å². The summed E-state index contributed by atoms with van der Waals surface area (Å²) in [7, 11) is 0. The van der Waals surface area contributed by atoms with Crippen LogP contribution >= 0.6 is 0 Å². The molecular weight excluding hydrogens is 332 g/mol. The molecule has 27 heavy (non-hydrogen) atoms. The number of H-pyrrole nitrogens is 1. The molecule has 0 bridgehead atoms. The van der Waals surface area contributed by atoms with Crippen molar-refractivity contribution in [2.75, 3.05) is 10.9 Å². The van der Waals surface area contributed by atoms with Gasteiger partial charge in [-0.1, -0.05) is 78.9 Å². The van der Waals surface area contributed by atoms with Gasteiger partial charge in [0.15, 0.2) is 0 Å². The van der Waals surface area contributed by atoms with E-state index in [0.717, 1.165) is 28.1 Å². The largest absolute Gasteiger partial charge is 0.339 e. The molecule has 0 saturated heterocycles. The summed E-state index contributed by atoms with van der Waals surface area (Å²) in [6, 6.07) is 32.1. The van der Waals surface area contributed by atoms with Crippen molar-refractivity contribution >= 4 is 11.5 Å². The van der Waals surface area contributed by atoms with Crippen LogP contribution in [0.2, 0.25) is 0 Å². The molecule has 0 amide bonds. The van der Waals surface area contributed by atoms with E-state index in [-0.39, 0.29) is 0 Å². The van der Waals surface area contributed by atoms with E-state index in [9.17, 15) is 5.26 Å². The zero-order chi connectivity index (χ0) is 18.5. The first-order valence-electron chi connectivity index (χ1n) is 8.71. The average Bonchev–Trinajstić information content (AvgIpc) is 3.13. The number of aromatic nitrogens is 1. The normalized spacial score (nSPS) is 10.2. The fourth-order valence-electron chi connectivity index (χ4n) is 3.08. The van der Waals surface area contributed by atoms with E-state index >= 15 is 0 Å². The van der Waals surface area contributed by atoms with Crippen LogP contribution in [0.1, 0.15) is 5.56 Å². The van der Waals surface area contributed by atoms with Gasteiger partial charge in [0, 0.05) is 5.56 Å². The monoisotopic (exact) mass is 350 g/mol. The highest BCUT2D eigenvalue weighted by atomic mass is 15.4. The number of nitrogens with one attached hydrogen (secondary N) is 3. The van der Waals surface area contributed by atoms with Crippen LogP contribution < -0.4 is 10.9 Å². The number of nitriles is 1. The Morgan fingerprint density at radius 3 is 1.81 bits per heavy atom. The van der Waals surface area contributed by atoms with Crippen molar-refractivity contribution in [1.29, 1.82) is 5.26 Å². The summed E-state index contributed by atoms with van der Waals surface area (Å²) in [4.78, 5) is 3.39. The number of nitrogens with zero attached hydrogens (tertiary/aromatic N) is 1. The van der Waals surface area contributed by atoms with Gasteiger partial charge >= 0.3 is 0 Å². The quantitative estimate of drug-likeness (QED) is 0.407. The molecular formula is C23H18N4. The number of hydrogen-bond donors (Lipinski definition) is 3. The maximum atomic E-state index is 9.88. The molecule has 0 aliphatic rings. The molecule has 0 unspecified atom stereocenters. The number of rotatable bonds is 5. The van der Waals surface area contributed by atoms with Crippen LogP contribution in [0.5, 0.6) is 0 Å². The van der Waals surface area contributed by atoms with E-state index in [0.29, 0.717) is 11.4 Å². The second kappa shape index (κ2) is 7.51. The molecule has 1 heterocycles. The highest BCUT2D eigenvalue weighted by molar-refractivity contribution is 5.90. The Labute approximate surface area is 158 Å². The van der Waals surface area contributed by atoms with Crippen molar-refractivity contribution < 1.29 is 0 Å². The lowest BCUT2D eigenvalue weighted by atomic mass is 9.98. The van der Waals surface area contributed by atoms with Crippen LogP contribution in [0.25, 0.3) is 22.4 Å². The van der Waals surface area contributed by atoms with Crippen LogP contribution in [0.3, 0.4) is 0 Å². The number of hydrogen-bond acceptors (Lipinski definition) is 3. The van der Waals surface area contributed by atoms with Gasteiger partial charge in [0.05, 0.1) is 11.4 Å². The van der Waals surface area contributed by atoms with Crippen molar-refractivity contribution in [2.24, 2.45) is 0 Å². The highest BCUT2D eigenvalue weighted by Crippen LogP contribution is 2.38. The molecule has 0 fully saturated rings. The molecule has 4 heteroatoms. The third kappa shape index (κ3) is 3.39. The second-order valence-electron chi connectivity index (χ2n) is 6.08. The fraction of sp³-hybridized carbons (Fsp3) is 0. The molecule has 0 spiro atoms. The minimum Gasteiger partial charge on any atom is -0.339 e. The third-order valence-corrected chi connectivity index (χ3v) is 4.34. The van der Waals surface area contributed by atoms with Crippen LogP contribution in [0.4, 0.5) is 11.5 Å². The summed E-state index contributed by atoms with van der Waals surface area (Å²) in [5.74, 6) is 0.638. The molecule has 1 aromatic heterocycles. The van der Waals surface area contributed by atoms with Crippen LogP contribution in [-0.2, 0) is 0 Å². The molecule has 4 aromatic rings. The minimum absolute atomic E-state index is 0.573. The Bertz CT molecular complexity index is 1060. The van der Waals surface area contributed by atoms with Crippen molar-refractivity contribution in [3.63, 3.8) is 0 Å². The van der Waals surface area contributed by atoms with Gasteiger partial charge in [-0.05, 0) is 23.3 Å². The summed E-state index contributed by atoms with van der Waals surface area (Å²) in [6.07, 6.45) is 0. The van der Waals surface area contributed by atoms with Crippen LogP contribution in [0, 0.1) is 11.3 Å².